The second-order valence-electron chi connectivity index (χ2n) is 6.97. The smallest absolute Gasteiger partial charge is 0.261 e. The van der Waals surface area contributed by atoms with Crippen molar-refractivity contribution in [2.45, 2.75) is 12.3 Å². The lowest BCUT2D eigenvalue weighted by Gasteiger charge is -2.22. The Bertz CT molecular complexity index is 1010. The first kappa shape index (κ1) is 18.9. The standard InChI is InChI=1S/C24H20FNO3/c1-29-19-12-8-17(9-13-19)20(16-6-10-18(25)11-7-16)14-15-26-23(27)21-4-2-3-5-22(21)24(26)28/h2-13,20H,14-15H2,1H3/t20-/m0/s1. The lowest BCUT2D eigenvalue weighted by atomic mass is 9.88. The van der Waals surface area contributed by atoms with Crippen molar-refractivity contribution in [1.29, 1.82) is 0 Å². The zero-order chi connectivity index (χ0) is 20.4. The van der Waals surface area contributed by atoms with Crippen LogP contribution in [0.5, 0.6) is 5.75 Å². The number of fused-ring (bicyclic) bond motifs is 1. The third-order valence-electron chi connectivity index (χ3n) is 5.31. The van der Waals surface area contributed by atoms with Gasteiger partial charge in [-0.05, 0) is 53.9 Å². The molecule has 3 aromatic rings. The number of halogens is 1. The summed E-state index contributed by atoms with van der Waals surface area (Å²) in [4.78, 5) is 26.6. The third-order valence-corrected chi connectivity index (χ3v) is 5.31. The van der Waals surface area contributed by atoms with Gasteiger partial charge in [-0.2, -0.15) is 0 Å². The largest absolute Gasteiger partial charge is 0.497 e. The number of hydrogen-bond donors (Lipinski definition) is 0. The van der Waals surface area contributed by atoms with Gasteiger partial charge in [-0.1, -0.05) is 36.4 Å². The van der Waals surface area contributed by atoms with Crippen molar-refractivity contribution in [2.75, 3.05) is 13.7 Å². The maximum absolute atomic E-state index is 13.4. The van der Waals surface area contributed by atoms with Gasteiger partial charge in [0.25, 0.3) is 11.8 Å². The molecular formula is C24H20FNO3. The van der Waals surface area contributed by atoms with Crippen LogP contribution >= 0.6 is 0 Å². The van der Waals surface area contributed by atoms with Gasteiger partial charge in [0.2, 0.25) is 0 Å². The Hall–Kier alpha value is -3.47. The lowest BCUT2D eigenvalue weighted by molar-refractivity contribution is 0.0651. The predicted molar refractivity (Wildman–Crippen MR) is 108 cm³/mol. The number of ether oxygens (including phenoxy) is 1. The molecule has 0 aromatic heterocycles. The first-order chi connectivity index (χ1) is 14.1. The van der Waals surface area contributed by atoms with Crippen LogP contribution in [0.25, 0.3) is 0 Å². The van der Waals surface area contributed by atoms with E-state index in [-0.39, 0.29) is 30.1 Å². The van der Waals surface area contributed by atoms with Crippen molar-refractivity contribution in [2.24, 2.45) is 0 Å². The van der Waals surface area contributed by atoms with Crippen LogP contribution in [0.3, 0.4) is 0 Å². The molecule has 2 amide bonds. The summed E-state index contributed by atoms with van der Waals surface area (Å²) < 4.78 is 18.7. The molecule has 5 heteroatoms. The number of amides is 2. The van der Waals surface area contributed by atoms with Crippen molar-refractivity contribution in [1.82, 2.24) is 4.90 Å². The van der Waals surface area contributed by atoms with Gasteiger partial charge >= 0.3 is 0 Å². The fourth-order valence-corrected chi connectivity index (χ4v) is 3.76. The van der Waals surface area contributed by atoms with Gasteiger partial charge in [-0.15, -0.1) is 0 Å². The molecule has 4 rings (SSSR count). The Morgan fingerprint density at radius 3 is 1.86 bits per heavy atom. The summed E-state index contributed by atoms with van der Waals surface area (Å²) in [5.41, 5.74) is 2.82. The number of hydrogen-bond acceptors (Lipinski definition) is 3. The van der Waals surface area contributed by atoms with E-state index in [0.29, 0.717) is 17.5 Å². The summed E-state index contributed by atoms with van der Waals surface area (Å²) >= 11 is 0. The Balaban J connectivity index is 1.60. The highest BCUT2D eigenvalue weighted by Gasteiger charge is 2.35. The molecule has 0 aliphatic carbocycles. The van der Waals surface area contributed by atoms with Gasteiger partial charge < -0.3 is 4.74 Å². The number of benzene rings is 3. The molecule has 0 fully saturated rings. The second-order valence-corrected chi connectivity index (χ2v) is 6.97. The van der Waals surface area contributed by atoms with Crippen LogP contribution in [0.15, 0.2) is 72.8 Å². The molecule has 0 saturated carbocycles. The van der Waals surface area contributed by atoms with Gasteiger partial charge in [0, 0.05) is 12.5 Å². The monoisotopic (exact) mass is 389 g/mol. The second kappa shape index (κ2) is 7.87. The molecule has 1 heterocycles. The van der Waals surface area contributed by atoms with E-state index in [1.165, 1.54) is 17.0 Å². The molecule has 0 bridgehead atoms. The minimum absolute atomic E-state index is 0.0918. The van der Waals surface area contributed by atoms with Crippen LogP contribution in [0, 0.1) is 5.82 Å². The van der Waals surface area contributed by atoms with E-state index in [4.69, 9.17) is 4.74 Å². The summed E-state index contributed by atoms with van der Waals surface area (Å²) in [6.45, 7) is 0.278. The molecule has 0 N–H and O–H groups in total. The van der Waals surface area contributed by atoms with E-state index < -0.39 is 0 Å². The van der Waals surface area contributed by atoms with Crippen LogP contribution in [0.2, 0.25) is 0 Å². The van der Waals surface area contributed by atoms with Crippen LogP contribution in [-0.2, 0) is 0 Å². The first-order valence-corrected chi connectivity index (χ1v) is 9.43. The van der Waals surface area contributed by atoms with E-state index >= 15 is 0 Å². The van der Waals surface area contributed by atoms with Gasteiger partial charge in [0.1, 0.15) is 11.6 Å². The van der Waals surface area contributed by atoms with Crippen LogP contribution < -0.4 is 4.74 Å². The Kier molecular flexibility index (Phi) is 5.12. The van der Waals surface area contributed by atoms with E-state index in [1.54, 1.807) is 43.5 Å². The number of nitrogens with zero attached hydrogens (tertiary/aromatic N) is 1. The fourth-order valence-electron chi connectivity index (χ4n) is 3.76. The maximum Gasteiger partial charge on any atom is 0.261 e. The highest BCUT2D eigenvalue weighted by Crippen LogP contribution is 2.31. The van der Waals surface area contributed by atoms with E-state index in [2.05, 4.69) is 0 Å². The lowest BCUT2D eigenvalue weighted by Crippen LogP contribution is -2.31. The third kappa shape index (κ3) is 3.63. The Morgan fingerprint density at radius 1 is 0.828 bits per heavy atom. The average molecular weight is 389 g/mol. The van der Waals surface area contributed by atoms with Crippen LogP contribution in [0.4, 0.5) is 4.39 Å². The van der Waals surface area contributed by atoms with Crippen molar-refractivity contribution >= 4 is 11.8 Å². The molecule has 0 saturated heterocycles. The molecule has 1 aliphatic rings. The summed E-state index contributed by atoms with van der Waals surface area (Å²) in [6, 6.07) is 20.8. The van der Waals surface area contributed by atoms with Crippen molar-refractivity contribution < 1.29 is 18.7 Å². The van der Waals surface area contributed by atoms with Gasteiger partial charge in [-0.25, -0.2) is 4.39 Å². The minimum atomic E-state index is -0.303. The molecule has 29 heavy (non-hydrogen) atoms. The van der Waals surface area contributed by atoms with Crippen LogP contribution in [0.1, 0.15) is 44.2 Å². The van der Waals surface area contributed by atoms with Gasteiger partial charge in [-0.3, -0.25) is 14.5 Å². The number of rotatable bonds is 6. The topological polar surface area (TPSA) is 46.6 Å². The summed E-state index contributed by atoms with van der Waals surface area (Å²) in [5.74, 6) is -0.184. The molecule has 1 aliphatic heterocycles. The fraction of sp³-hybridized carbons (Fsp3) is 0.167. The average Bonchev–Trinajstić information content (AvgIpc) is 3.00. The highest BCUT2D eigenvalue weighted by molar-refractivity contribution is 6.21. The van der Waals surface area contributed by atoms with E-state index in [0.717, 1.165) is 16.9 Å². The molecule has 1 atom stereocenters. The van der Waals surface area contributed by atoms with Crippen molar-refractivity contribution in [3.63, 3.8) is 0 Å². The number of imide groups is 1. The van der Waals surface area contributed by atoms with Crippen molar-refractivity contribution in [3.8, 4) is 5.75 Å². The maximum atomic E-state index is 13.4. The Labute approximate surface area is 168 Å². The SMILES string of the molecule is COc1ccc([C@@H](CCN2C(=O)c3ccccc3C2=O)c2ccc(F)cc2)cc1. The molecular weight excluding hydrogens is 369 g/mol. The summed E-state index contributed by atoms with van der Waals surface area (Å²) in [5, 5.41) is 0. The van der Waals surface area contributed by atoms with Gasteiger partial charge in [0.05, 0.1) is 18.2 Å². The number of carbonyl (C=O) groups excluding carboxylic acids is 2. The first-order valence-electron chi connectivity index (χ1n) is 9.43. The molecule has 3 aromatic carbocycles. The number of methoxy groups -OCH3 is 1. The van der Waals surface area contributed by atoms with Gasteiger partial charge in [0.15, 0.2) is 0 Å². The minimum Gasteiger partial charge on any atom is -0.497 e. The molecule has 4 nitrogen and oxygen atoms in total. The highest BCUT2D eigenvalue weighted by atomic mass is 19.1. The summed E-state index contributed by atoms with van der Waals surface area (Å²) in [7, 11) is 1.61. The molecule has 0 radical (unpaired) electrons. The predicted octanol–water partition coefficient (Wildman–Crippen LogP) is 4.65. The summed E-state index contributed by atoms with van der Waals surface area (Å²) in [6.07, 6.45) is 0.531. The normalized spacial score (nSPS) is 14.1. The Morgan fingerprint density at radius 2 is 1.34 bits per heavy atom. The van der Waals surface area contributed by atoms with Crippen molar-refractivity contribution in [3.05, 3.63) is 101 Å². The molecule has 0 unspecified atom stereocenters. The quantitative estimate of drug-likeness (QED) is 0.577. The zero-order valence-corrected chi connectivity index (χ0v) is 16.0. The van der Waals surface area contributed by atoms with Crippen LogP contribution in [-0.4, -0.2) is 30.4 Å². The molecule has 0 spiro atoms. The van der Waals surface area contributed by atoms with E-state index in [9.17, 15) is 14.0 Å². The zero-order valence-electron chi connectivity index (χ0n) is 16.0. The number of carbonyl (C=O) groups is 2. The van der Waals surface area contributed by atoms with E-state index in [1.807, 2.05) is 24.3 Å². The molecule has 146 valence electrons.